The number of ether oxygens (including phenoxy) is 1. The number of sulfonamides is 1. The van der Waals surface area contributed by atoms with Crippen molar-refractivity contribution in [1.82, 2.24) is 9.21 Å². The highest BCUT2D eigenvalue weighted by molar-refractivity contribution is 7.89. The first-order chi connectivity index (χ1) is 14.8. The molecule has 0 aliphatic carbocycles. The van der Waals surface area contributed by atoms with Crippen molar-refractivity contribution in [2.45, 2.75) is 17.4 Å². The molecule has 162 valence electrons. The number of carbonyl (C=O) groups excluding carboxylic acids is 2. The lowest BCUT2D eigenvalue weighted by Gasteiger charge is -2.36. The molecule has 0 radical (unpaired) electrons. The third-order valence-electron chi connectivity index (χ3n) is 5.40. The van der Waals surface area contributed by atoms with Crippen LogP contribution >= 0.6 is 0 Å². The van der Waals surface area contributed by atoms with Crippen molar-refractivity contribution >= 4 is 27.6 Å². The van der Waals surface area contributed by atoms with Crippen molar-refractivity contribution in [3.63, 3.8) is 0 Å². The summed E-state index contributed by atoms with van der Waals surface area (Å²) in [7, 11) is -3.84. The molecule has 1 fully saturated rings. The van der Waals surface area contributed by atoms with Crippen LogP contribution in [-0.2, 0) is 26.0 Å². The molecule has 10 nitrogen and oxygen atoms in total. The van der Waals surface area contributed by atoms with Gasteiger partial charge in [0, 0.05) is 44.7 Å². The normalized spacial score (nSPS) is 19.4. The summed E-state index contributed by atoms with van der Waals surface area (Å²) in [5.41, 5.74) is 1.00. The number of rotatable bonds is 4. The topological polar surface area (TPSA) is 127 Å². The van der Waals surface area contributed by atoms with Crippen LogP contribution in [0.25, 0.3) is 0 Å². The summed E-state index contributed by atoms with van der Waals surface area (Å²) in [5.74, 6) is -0.894. The van der Waals surface area contributed by atoms with Gasteiger partial charge in [-0.2, -0.15) is 4.31 Å². The van der Waals surface area contributed by atoms with Gasteiger partial charge in [0.25, 0.3) is 11.6 Å². The van der Waals surface area contributed by atoms with Crippen LogP contribution in [0.15, 0.2) is 53.4 Å². The van der Waals surface area contributed by atoms with E-state index < -0.39 is 27.0 Å². The minimum atomic E-state index is -3.84. The second-order valence-corrected chi connectivity index (χ2v) is 9.17. The molecule has 0 unspecified atom stereocenters. The summed E-state index contributed by atoms with van der Waals surface area (Å²) in [4.78, 5) is 36.6. The number of nitrogens with zero attached hydrogens (tertiary/aromatic N) is 3. The van der Waals surface area contributed by atoms with Crippen molar-refractivity contribution in [3.8, 4) is 0 Å². The molecular formula is C20H19N3O7S. The highest BCUT2D eigenvalue weighted by Gasteiger charge is 2.36. The quantitative estimate of drug-likeness (QED) is 0.393. The van der Waals surface area contributed by atoms with E-state index in [0.717, 1.165) is 17.7 Å². The number of carbonyl (C=O) groups is 2. The van der Waals surface area contributed by atoms with Crippen LogP contribution in [0.2, 0.25) is 0 Å². The Labute approximate surface area is 178 Å². The lowest BCUT2D eigenvalue weighted by Crippen LogP contribution is -2.54. The van der Waals surface area contributed by atoms with Crippen molar-refractivity contribution < 1.29 is 27.7 Å². The molecule has 1 amide bonds. The van der Waals surface area contributed by atoms with E-state index in [9.17, 15) is 28.1 Å². The molecule has 2 aliphatic heterocycles. The molecule has 0 saturated carbocycles. The first-order valence-corrected chi connectivity index (χ1v) is 11.0. The maximum absolute atomic E-state index is 12.9. The predicted molar refractivity (Wildman–Crippen MR) is 108 cm³/mol. The zero-order valence-electron chi connectivity index (χ0n) is 16.3. The summed E-state index contributed by atoms with van der Waals surface area (Å²) < 4.78 is 32.2. The van der Waals surface area contributed by atoms with Gasteiger partial charge in [-0.15, -0.1) is 0 Å². The molecule has 0 N–H and O–H groups in total. The zero-order chi connectivity index (χ0) is 22.2. The number of hydrogen-bond acceptors (Lipinski definition) is 7. The molecule has 0 aromatic heterocycles. The number of esters is 1. The average Bonchev–Trinajstić information content (AvgIpc) is 2.78. The number of cyclic esters (lactones) is 1. The minimum absolute atomic E-state index is 0.0457. The molecular weight excluding hydrogens is 426 g/mol. The SMILES string of the molecule is O=C1O[C@@H](C(=O)N2CCN(S(=O)(=O)c3ccc([N+](=O)[O-])cc3)CC2)Cc2ccccc21. The largest absolute Gasteiger partial charge is 0.448 e. The van der Waals surface area contributed by atoms with Crippen molar-refractivity contribution in [3.05, 3.63) is 69.8 Å². The van der Waals surface area contributed by atoms with Gasteiger partial charge >= 0.3 is 5.97 Å². The molecule has 0 bridgehead atoms. The summed E-state index contributed by atoms with van der Waals surface area (Å²) in [5, 5.41) is 10.8. The fourth-order valence-corrected chi connectivity index (χ4v) is 5.13. The maximum Gasteiger partial charge on any atom is 0.339 e. The Balaban J connectivity index is 1.41. The number of amides is 1. The van der Waals surface area contributed by atoms with Gasteiger partial charge in [0.15, 0.2) is 6.10 Å². The number of fused-ring (bicyclic) bond motifs is 1. The Bertz CT molecular complexity index is 1140. The summed E-state index contributed by atoms with van der Waals surface area (Å²) in [6.07, 6.45) is -0.651. The average molecular weight is 445 g/mol. The smallest absolute Gasteiger partial charge is 0.339 e. The number of non-ortho nitro benzene ring substituents is 1. The molecule has 2 aromatic rings. The fraction of sp³-hybridized carbons (Fsp3) is 0.300. The van der Waals surface area contributed by atoms with Crippen molar-refractivity contribution in [2.24, 2.45) is 0 Å². The number of benzene rings is 2. The lowest BCUT2D eigenvalue weighted by atomic mass is 9.98. The van der Waals surface area contributed by atoms with Crippen LogP contribution < -0.4 is 0 Å². The Hall–Kier alpha value is -3.31. The Kier molecular flexibility index (Phi) is 5.46. The lowest BCUT2D eigenvalue weighted by molar-refractivity contribution is -0.384. The van der Waals surface area contributed by atoms with Gasteiger partial charge in [0.1, 0.15) is 0 Å². The molecule has 0 spiro atoms. The van der Waals surface area contributed by atoms with Crippen LogP contribution in [-0.4, -0.2) is 66.7 Å². The summed E-state index contributed by atoms with van der Waals surface area (Å²) in [6, 6.07) is 11.6. The molecule has 2 aliphatic rings. The Morgan fingerprint density at radius 2 is 1.68 bits per heavy atom. The summed E-state index contributed by atoms with van der Waals surface area (Å²) >= 11 is 0. The number of hydrogen-bond donors (Lipinski definition) is 0. The van der Waals surface area contributed by atoms with Crippen molar-refractivity contribution in [1.29, 1.82) is 0 Å². The summed E-state index contributed by atoms with van der Waals surface area (Å²) in [6.45, 7) is 0.451. The van der Waals surface area contributed by atoms with E-state index in [1.807, 2.05) is 0 Å². The van der Waals surface area contributed by atoms with Crippen LogP contribution in [0.5, 0.6) is 0 Å². The Morgan fingerprint density at radius 3 is 2.32 bits per heavy atom. The highest BCUT2D eigenvalue weighted by Crippen LogP contribution is 2.24. The van der Waals surface area contributed by atoms with Gasteiger partial charge in [-0.25, -0.2) is 13.2 Å². The van der Waals surface area contributed by atoms with Crippen LogP contribution in [0.4, 0.5) is 5.69 Å². The highest BCUT2D eigenvalue weighted by atomic mass is 32.2. The zero-order valence-corrected chi connectivity index (χ0v) is 17.2. The Morgan fingerprint density at radius 1 is 1.03 bits per heavy atom. The van der Waals surface area contributed by atoms with E-state index in [-0.39, 0.29) is 49.1 Å². The molecule has 4 rings (SSSR count). The molecule has 1 saturated heterocycles. The van der Waals surface area contributed by atoms with Gasteiger partial charge in [-0.3, -0.25) is 14.9 Å². The molecule has 31 heavy (non-hydrogen) atoms. The van der Waals surface area contributed by atoms with Crippen molar-refractivity contribution in [2.75, 3.05) is 26.2 Å². The third-order valence-corrected chi connectivity index (χ3v) is 7.32. The first-order valence-electron chi connectivity index (χ1n) is 9.59. The van der Waals surface area contributed by atoms with E-state index in [0.29, 0.717) is 5.56 Å². The fourth-order valence-electron chi connectivity index (χ4n) is 3.71. The predicted octanol–water partition coefficient (Wildman–Crippen LogP) is 1.21. The van der Waals surface area contributed by atoms with Gasteiger partial charge in [-0.05, 0) is 23.8 Å². The maximum atomic E-state index is 12.9. The number of piperazine rings is 1. The second-order valence-electron chi connectivity index (χ2n) is 7.24. The number of nitro groups is 1. The van der Waals surface area contributed by atoms with E-state index in [2.05, 4.69) is 0 Å². The number of nitro benzene ring substituents is 1. The van der Waals surface area contributed by atoms with E-state index in [4.69, 9.17) is 4.74 Å². The molecule has 1 atom stereocenters. The third kappa shape index (κ3) is 4.01. The van der Waals surface area contributed by atoms with Crippen LogP contribution in [0.1, 0.15) is 15.9 Å². The van der Waals surface area contributed by atoms with Crippen LogP contribution in [0.3, 0.4) is 0 Å². The van der Waals surface area contributed by atoms with E-state index in [1.54, 1.807) is 24.3 Å². The van der Waals surface area contributed by atoms with Gasteiger partial charge in [0.2, 0.25) is 10.0 Å². The van der Waals surface area contributed by atoms with Gasteiger partial charge in [-0.1, -0.05) is 18.2 Å². The van der Waals surface area contributed by atoms with E-state index >= 15 is 0 Å². The minimum Gasteiger partial charge on any atom is -0.448 e. The first kappa shape index (κ1) is 20.9. The molecule has 2 heterocycles. The standard InChI is InChI=1S/C20H19N3O7S/c24-19(18-13-14-3-1-2-4-17(14)20(25)30-18)21-9-11-22(12-10-21)31(28,29)16-7-5-15(6-8-16)23(26)27/h1-8,18H,9-13H2/t18-/m1/s1. The second kappa shape index (κ2) is 8.08. The van der Waals surface area contributed by atoms with Gasteiger partial charge < -0.3 is 9.64 Å². The molecule has 2 aromatic carbocycles. The monoisotopic (exact) mass is 445 g/mol. The molecule has 11 heteroatoms. The van der Waals surface area contributed by atoms with E-state index in [1.165, 1.54) is 21.3 Å². The van der Waals surface area contributed by atoms with Crippen LogP contribution in [0, 0.1) is 10.1 Å². The van der Waals surface area contributed by atoms with Gasteiger partial charge in [0.05, 0.1) is 15.4 Å².